The summed E-state index contributed by atoms with van der Waals surface area (Å²) in [6.45, 7) is 5.47. The van der Waals surface area contributed by atoms with E-state index in [2.05, 4.69) is 10.2 Å². The minimum atomic E-state index is -0.273. The van der Waals surface area contributed by atoms with Crippen LogP contribution in [-0.2, 0) is 0 Å². The Morgan fingerprint density at radius 1 is 1.32 bits per heavy atom. The van der Waals surface area contributed by atoms with E-state index in [-0.39, 0.29) is 11.7 Å². The smallest absolute Gasteiger partial charge is 0.251 e. The van der Waals surface area contributed by atoms with Gasteiger partial charge in [-0.3, -0.25) is 4.79 Å². The number of hydrogen-bond acceptors (Lipinski definition) is 2. The van der Waals surface area contributed by atoms with Crippen molar-refractivity contribution < 1.29 is 9.18 Å². The van der Waals surface area contributed by atoms with Crippen LogP contribution in [0.2, 0.25) is 0 Å². The van der Waals surface area contributed by atoms with Gasteiger partial charge in [-0.2, -0.15) is 0 Å². The Morgan fingerprint density at radius 3 is 2.74 bits per heavy atom. The lowest BCUT2D eigenvalue weighted by atomic mass is 10.1. The summed E-state index contributed by atoms with van der Waals surface area (Å²) in [4.78, 5) is 14.3. The maximum absolute atomic E-state index is 13.1. The highest BCUT2D eigenvalue weighted by Crippen LogP contribution is 2.09. The van der Waals surface area contributed by atoms with E-state index >= 15 is 0 Å². The number of rotatable bonds is 4. The molecule has 1 N–H and O–H groups in total. The van der Waals surface area contributed by atoms with Crippen molar-refractivity contribution in [3.63, 3.8) is 0 Å². The number of halogens is 1. The second-order valence-electron chi connectivity index (χ2n) is 5.12. The van der Waals surface area contributed by atoms with Gasteiger partial charge in [0.25, 0.3) is 5.91 Å². The molecule has 1 heterocycles. The molecule has 1 aliphatic rings. The lowest BCUT2D eigenvalue weighted by Crippen LogP contribution is -2.37. The predicted molar refractivity (Wildman–Crippen MR) is 73.8 cm³/mol. The maximum Gasteiger partial charge on any atom is 0.251 e. The largest absolute Gasteiger partial charge is 0.351 e. The van der Waals surface area contributed by atoms with Gasteiger partial charge in [0, 0.05) is 18.7 Å². The first-order chi connectivity index (χ1) is 9.16. The van der Waals surface area contributed by atoms with Crippen LogP contribution in [0.4, 0.5) is 4.39 Å². The second kappa shape index (κ2) is 6.66. The summed E-state index contributed by atoms with van der Waals surface area (Å²) in [6.07, 6.45) is 3.83. The molecule has 0 aromatic heterocycles. The zero-order chi connectivity index (χ0) is 13.7. The average Bonchev–Trinajstić information content (AvgIpc) is 2.43. The van der Waals surface area contributed by atoms with Crippen molar-refractivity contribution in [1.29, 1.82) is 0 Å². The van der Waals surface area contributed by atoms with Crippen LogP contribution in [0, 0.1) is 12.7 Å². The summed E-state index contributed by atoms with van der Waals surface area (Å²) < 4.78 is 13.1. The summed E-state index contributed by atoms with van der Waals surface area (Å²) in [7, 11) is 0. The highest BCUT2D eigenvalue weighted by atomic mass is 19.1. The number of nitrogens with zero attached hydrogens (tertiary/aromatic N) is 1. The topological polar surface area (TPSA) is 32.3 Å². The summed E-state index contributed by atoms with van der Waals surface area (Å²) in [6, 6.07) is 4.46. The summed E-state index contributed by atoms with van der Waals surface area (Å²) in [5, 5.41) is 2.89. The van der Waals surface area contributed by atoms with Gasteiger partial charge >= 0.3 is 0 Å². The van der Waals surface area contributed by atoms with Gasteiger partial charge < -0.3 is 10.2 Å². The highest BCUT2D eigenvalue weighted by molar-refractivity contribution is 5.94. The van der Waals surface area contributed by atoms with Crippen LogP contribution in [-0.4, -0.2) is 37.0 Å². The normalized spacial score (nSPS) is 16.3. The molecule has 104 valence electrons. The zero-order valence-electron chi connectivity index (χ0n) is 11.4. The first-order valence-corrected chi connectivity index (χ1v) is 6.93. The Labute approximate surface area is 113 Å². The minimum Gasteiger partial charge on any atom is -0.351 e. The molecule has 1 aromatic rings. The van der Waals surface area contributed by atoms with Crippen molar-refractivity contribution in [3.8, 4) is 0 Å². The number of nitrogens with one attached hydrogen (secondary N) is 1. The number of carbonyl (C=O) groups excluding carboxylic acids is 1. The third-order valence-electron chi connectivity index (χ3n) is 3.58. The highest BCUT2D eigenvalue weighted by Gasteiger charge is 2.11. The quantitative estimate of drug-likeness (QED) is 0.905. The van der Waals surface area contributed by atoms with E-state index in [0.29, 0.717) is 17.7 Å². The number of hydrogen-bond donors (Lipinski definition) is 1. The molecule has 0 bridgehead atoms. The summed E-state index contributed by atoms with van der Waals surface area (Å²) in [5.74, 6) is -0.398. The zero-order valence-corrected chi connectivity index (χ0v) is 11.4. The molecule has 3 nitrogen and oxygen atoms in total. The SMILES string of the molecule is Cc1cc(C(=O)NCCN2CCCCC2)ccc1F. The Bertz CT molecular complexity index is 442. The monoisotopic (exact) mass is 264 g/mol. The van der Waals surface area contributed by atoms with E-state index in [1.54, 1.807) is 13.0 Å². The van der Waals surface area contributed by atoms with Crippen molar-refractivity contribution in [1.82, 2.24) is 10.2 Å². The molecule has 0 atom stereocenters. The Kier molecular flexibility index (Phi) is 4.91. The number of amides is 1. The molecule has 0 unspecified atom stereocenters. The molecule has 1 saturated heterocycles. The summed E-state index contributed by atoms with van der Waals surface area (Å²) >= 11 is 0. The molecular formula is C15H21FN2O. The number of piperidine rings is 1. The van der Waals surface area contributed by atoms with Crippen LogP contribution in [0.25, 0.3) is 0 Å². The molecule has 0 spiro atoms. The van der Waals surface area contributed by atoms with Crippen LogP contribution in [0.15, 0.2) is 18.2 Å². The number of carbonyl (C=O) groups is 1. The molecule has 19 heavy (non-hydrogen) atoms. The fourth-order valence-corrected chi connectivity index (χ4v) is 2.40. The van der Waals surface area contributed by atoms with Crippen molar-refractivity contribution in [2.75, 3.05) is 26.2 Å². The average molecular weight is 264 g/mol. The van der Waals surface area contributed by atoms with Crippen LogP contribution in [0.5, 0.6) is 0 Å². The Morgan fingerprint density at radius 2 is 2.05 bits per heavy atom. The van der Waals surface area contributed by atoms with Gasteiger partial charge in [0.05, 0.1) is 0 Å². The molecule has 4 heteroatoms. The van der Waals surface area contributed by atoms with E-state index in [0.717, 1.165) is 19.6 Å². The molecule has 0 saturated carbocycles. The molecule has 2 rings (SSSR count). The molecule has 1 amide bonds. The standard InChI is InChI=1S/C15H21FN2O/c1-12-11-13(5-6-14(12)16)15(19)17-7-10-18-8-3-2-4-9-18/h5-6,11H,2-4,7-10H2,1H3,(H,17,19). The fraction of sp³-hybridized carbons (Fsp3) is 0.533. The van der Waals surface area contributed by atoms with E-state index in [9.17, 15) is 9.18 Å². The molecule has 1 fully saturated rings. The van der Waals surface area contributed by atoms with Crippen LogP contribution in [0.1, 0.15) is 35.2 Å². The van der Waals surface area contributed by atoms with E-state index in [1.165, 1.54) is 31.4 Å². The predicted octanol–water partition coefficient (Wildman–Crippen LogP) is 2.35. The molecular weight excluding hydrogens is 243 g/mol. The molecule has 0 aliphatic carbocycles. The van der Waals surface area contributed by atoms with E-state index < -0.39 is 0 Å². The van der Waals surface area contributed by atoms with Crippen molar-refractivity contribution >= 4 is 5.91 Å². The lowest BCUT2D eigenvalue weighted by Gasteiger charge is -2.26. The van der Waals surface area contributed by atoms with Gasteiger partial charge in [0.15, 0.2) is 0 Å². The maximum atomic E-state index is 13.1. The minimum absolute atomic E-state index is 0.125. The first kappa shape index (κ1) is 14.0. The third-order valence-corrected chi connectivity index (χ3v) is 3.58. The van der Waals surface area contributed by atoms with Crippen molar-refractivity contribution in [2.24, 2.45) is 0 Å². The molecule has 1 aromatic carbocycles. The van der Waals surface area contributed by atoms with E-state index in [4.69, 9.17) is 0 Å². The third kappa shape index (κ3) is 4.03. The first-order valence-electron chi connectivity index (χ1n) is 6.93. The van der Waals surface area contributed by atoms with Gasteiger partial charge in [0.1, 0.15) is 5.82 Å². The van der Waals surface area contributed by atoms with Crippen LogP contribution < -0.4 is 5.32 Å². The van der Waals surface area contributed by atoms with Gasteiger partial charge in [-0.05, 0) is 56.6 Å². The molecule has 0 radical (unpaired) electrons. The number of likely N-dealkylation sites (tertiary alicyclic amines) is 1. The van der Waals surface area contributed by atoms with Gasteiger partial charge in [-0.15, -0.1) is 0 Å². The van der Waals surface area contributed by atoms with Crippen molar-refractivity contribution in [2.45, 2.75) is 26.2 Å². The van der Waals surface area contributed by atoms with Crippen LogP contribution in [0.3, 0.4) is 0 Å². The number of benzene rings is 1. The van der Waals surface area contributed by atoms with E-state index in [1.807, 2.05) is 0 Å². The van der Waals surface area contributed by atoms with Gasteiger partial charge in [-0.25, -0.2) is 4.39 Å². The fourth-order valence-electron chi connectivity index (χ4n) is 2.40. The Balaban J connectivity index is 1.78. The van der Waals surface area contributed by atoms with Crippen molar-refractivity contribution in [3.05, 3.63) is 35.1 Å². The van der Waals surface area contributed by atoms with Gasteiger partial charge in [0.2, 0.25) is 0 Å². The molecule has 1 aliphatic heterocycles. The Hall–Kier alpha value is -1.42. The number of aryl methyl sites for hydroxylation is 1. The second-order valence-corrected chi connectivity index (χ2v) is 5.12. The summed E-state index contributed by atoms with van der Waals surface area (Å²) in [5.41, 5.74) is 1.03. The van der Waals surface area contributed by atoms with Gasteiger partial charge in [-0.1, -0.05) is 6.42 Å². The van der Waals surface area contributed by atoms with Crippen LogP contribution >= 0.6 is 0 Å². The lowest BCUT2D eigenvalue weighted by molar-refractivity contribution is 0.0946.